The minimum atomic E-state index is -0.371. The van der Waals surface area contributed by atoms with E-state index in [1.54, 1.807) is 30.5 Å². The second-order valence-electron chi connectivity index (χ2n) is 7.10. The van der Waals surface area contributed by atoms with E-state index < -0.39 is 0 Å². The van der Waals surface area contributed by atoms with Crippen molar-refractivity contribution in [2.45, 2.75) is 13.2 Å². The lowest BCUT2D eigenvalue weighted by molar-refractivity contribution is 0.301. The number of hydrogen-bond donors (Lipinski definition) is 1. The number of benzene rings is 2. The lowest BCUT2D eigenvalue weighted by Gasteiger charge is -2.09. The summed E-state index contributed by atoms with van der Waals surface area (Å²) in [5.41, 5.74) is 2.79. The van der Waals surface area contributed by atoms with E-state index in [0.717, 1.165) is 17.0 Å². The monoisotopic (exact) mass is 426 g/mol. The van der Waals surface area contributed by atoms with Gasteiger partial charge >= 0.3 is 0 Å². The molecule has 0 spiro atoms. The molecule has 0 aliphatic rings. The van der Waals surface area contributed by atoms with Crippen LogP contribution in [0.15, 0.2) is 85.1 Å². The van der Waals surface area contributed by atoms with Crippen molar-refractivity contribution < 1.29 is 9.13 Å². The molecule has 0 fully saturated rings. The molecule has 3 aromatic heterocycles. The highest BCUT2D eigenvalue weighted by Gasteiger charge is 2.13. The first-order valence-corrected chi connectivity index (χ1v) is 10.1. The second-order valence-corrected chi connectivity index (χ2v) is 7.10. The maximum absolute atomic E-state index is 14.2. The van der Waals surface area contributed by atoms with Crippen LogP contribution in [0.4, 0.5) is 10.2 Å². The minimum absolute atomic E-state index is 0.349. The highest BCUT2D eigenvalue weighted by Crippen LogP contribution is 2.22. The summed E-state index contributed by atoms with van der Waals surface area (Å²) in [4.78, 5) is 4.27. The Hall–Kier alpha value is -4.33. The third-order valence-electron chi connectivity index (χ3n) is 4.86. The van der Waals surface area contributed by atoms with Gasteiger partial charge in [-0.25, -0.2) is 4.39 Å². The lowest BCUT2D eigenvalue weighted by Crippen LogP contribution is -2.05. The van der Waals surface area contributed by atoms with Crippen LogP contribution in [-0.4, -0.2) is 24.8 Å². The van der Waals surface area contributed by atoms with Crippen molar-refractivity contribution in [1.82, 2.24) is 24.8 Å². The molecule has 0 unspecified atom stereocenters. The summed E-state index contributed by atoms with van der Waals surface area (Å²) in [7, 11) is 0. The first kappa shape index (κ1) is 19.6. The van der Waals surface area contributed by atoms with Gasteiger partial charge in [-0.1, -0.05) is 30.3 Å². The highest BCUT2D eigenvalue weighted by molar-refractivity contribution is 5.60. The Morgan fingerprint density at radius 3 is 2.69 bits per heavy atom. The number of nitrogens with one attached hydrogen (secondary N) is 1. The van der Waals surface area contributed by atoms with E-state index in [1.165, 1.54) is 10.6 Å². The lowest BCUT2D eigenvalue weighted by atomic mass is 10.2. The summed E-state index contributed by atoms with van der Waals surface area (Å²) in [6, 6.07) is 23.6. The summed E-state index contributed by atoms with van der Waals surface area (Å²) < 4.78 is 21.6. The number of halogens is 1. The van der Waals surface area contributed by atoms with E-state index in [2.05, 4.69) is 25.6 Å². The third-order valence-corrected chi connectivity index (χ3v) is 4.86. The zero-order chi connectivity index (χ0) is 21.8. The topological polar surface area (TPSA) is 77.2 Å². The van der Waals surface area contributed by atoms with Crippen LogP contribution >= 0.6 is 0 Å². The summed E-state index contributed by atoms with van der Waals surface area (Å²) in [5, 5.41) is 16.0. The first-order chi connectivity index (χ1) is 15.8. The SMILES string of the molecule is Fc1ccccc1-c1nnc2ccc(NCc3cccc(OCc4ccccn4)c3)nn12. The molecule has 8 heteroatoms. The first-order valence-electron chi connectivity index (χ1n) is 10.1. The Labute approximate surface area is 183 Å². The van der Waals surface area contributed by atoms with Gasteiger partial charge in [-0.05, 0) is 54.1 Å². The van der Waals surface area contributed by atoms with Crippen LogP contribution in [0.1, 0.15) is 11.3 Å². The van der Waals surface area contributed by atoms with E-state index in [4.69, 9.17) is 4.74 Å². The van der Waals surface area contributed by atoms with Crippen molar-refractivity contribution in [1.29, 1.82) is 0 Å². The van der Waals surface area contributed by atoms with Crippen molar-refractivity contribution in [3.05, 3.63) is 102 Å². The average Bonchev–Trinajstić information content (AvgIpc) is 3.26. The van der Waals surface area contributed by atoms with Gasteiger partial charge in [0.15, 0.2) is 11.5 Å². The van der Waals surface area contributed by atoms with Crippen LogP contribution in [0.3, 0.4) is 0 Å². The van der Waals surface area contributed by atoms with Gasteiger partial charge in [-0.3, -0.25) is 4.98 Å². The van der Waals surface area contributed by atoms with Crippen LogP contribution in [0.25, 0.3) is 17.0 Å². The Kier molecular flexibility index (Phi) is 5.40. The van der Waals surface area contributed by atoms with E-state index in [9.17, 15) is 4.39 Å². The number of nitrogens with zero attached hydrogens (tertiary/aromatic N) is 5. The maximum Gasteiger partial charge on any atom is 0.188 e. The number of ether oxygens (including phenoxy) is 1. The predicted octanol–water partition coefficient (Wildman–Crippen LogP) is 4.52. The second kappa shape index (κ2) is 8.81. The maximum atomic E-state index is 14.2. The molecule has 158 valence electrons. The molecule has 5 aromatic rings. The normalized spacial score (nSPS) is 10.9. The highest BCUT2D eigenvalue weighted by atomic mass is 19.1. The molecule has 0 bridgehead atoms. The number of fused-ring (bicyclic) bond motifs is 1. The fourth-order valence-corrected chi connectivity index (χ4v) is 3.27. The molecule has 1 N–H and O–H groups in total. The van der Waals surface area contributed by atoms with Gasteiger partial charge in [0, 0.05) is 12.7 Å². The van der Waals surface area contributed by atoms with Crippen molar-refractivity contribution >= 4 is 11.5 Å². The molecule has 5 rings (SSSR count). The molecule has 0 atom stereocenters. The molecule has 0 saturated carbocycles. The summed E-state index contributed by atoms with van der Waals surface area (Å²) >= 11 is 0. The zero-order valence-corrected chi connectivity index (χ0v) is 17.0. The summed E-state index contributed by atoms with van der Waals surface area (Å²) in [6.45, 7) is 0.943. The van der Waals surface area contributed by atoms with Gasteiger partial charge in [0.1, 0.15) is 24.0 Å². The standard InChI is InChI=1S/C24H19FN6O/c25-21-10-2-1-9-20(21)24-29-28-23-12-11-22(30-31(23)24)27-15-17-6-5-8-19(14-17)32-16-18-7-3-4-13-26-18/h1-14H,15-16H2,(H,27,30). The van der Waals surface area contributed by atoms with Gasteiger partial charge in [0.05, 0.1) is 11.3 Å². The molecule has 0 aliphatic heterocycles. The van der Waals surface area contributed by atoms with Crippen molar-refractivity contribution in [3.63, 3.8) is 0 Å². The van der Waals surface area contributed by atoms with Gasteiger partial charge < -0.3 is 10.1 Å². The van der Waals surface area contributed by atoms with E-state index in [1.807, 2.05) is 48.5 Å². The molecule has 7 nitrogen and oxygen atoms in total. The van der Waals surface area contributed by atoms with Crippen LogP contribution < -0.4 is 10.1 Å². The summed E-state index contributed by atoms with van der Waals surface area (Å²) in [6.07, 6.45) is 1.75. The molecule has 32 heavy (non-hydrogen) atoms. The average molecular weight is 426 g/mol. The fourth-order valence-electron chi connectivity index (χ4n) is 3.27. The molecule has 0 amide bonds. The van der Waals surface area contributed by atoms with Gasteiger partial charge in [-0.2, -0.15) is 4.52 Å². The van der Waals surface area contributed by atoms with Gasteiger partial charge in [-0.15, -0.1) is 15.3 Å². The van der Waals surface area contributed by atoms with Crippen LogP contribution in [0.5, 0.6) is 5.75 Å². The quantitative estimate of drug-likeness (QED) is 0.412. The van der Waals surface area contributed by atoms with Crippen molar-refractivity contribution in [2.75, 3.05) is 5.32 Å². The van der Waals surface area contributed by atoms with E-state index >= 15 is 0 Å². The number of anilines is 1. The van der Waals surface area contributed by atoms with Gasteiger partial charge in [0.25, 0.3) is 0 Å². The van der Waals surface area contributed by atoms with Crippen LogP contribution in [0, 0.1) is 5.82 Å². The predicted molar refractivity (Wildman–Crippen MR) is 119 cm³/mol. The molecular weight excluding hydrogens is 407 g/mol. The van der Waals surface area contributed by atoms with Gasteiger partial charge in [0.2, 0.25) is 0 Å². The minimum Gasteiger partial charge on any atom is -0.487 e. The van der Waals surface area contributed by atoms with E-state index in [0.29, 0.717) is 36.0 Å². The Balaban J connectivity index is 1.30. The molecule has 2 aromatic carbocycles. The van der Waals surface area contributed by atoms with E-state index in [-0.39, 0.29) is 5.82 Å². The molecular formula is C24H19FN6O. The third kappa shape index (κ3) is 4.24. The number of aromatic nitrogens is 5. The Morgan fingerprint density at radius 2 is 1.81 bits per heavy atom. The molecule has 0 radical (unpaired) electrons. The van der Waals surface area contributed by atoms with Crippen molar-refractivity contribution in [2.24, 2.45) is 0 Å². The number of hydrogen-bond acceptors (Lipinski definition) is 6. The number of rotatable bonds is 7. The molecule has 3 heterocycles. The Morgan fingerprint density at radius 1 is 0.906 bits per heavy atom. The van der Waals surface area contributed by atoms with Crippen molar-refractivity contribution in [3.8, 4) is 17.1 Å². The largest absolute Gasteiger partial charge is 0.487 e. The number of pyridine rings is 1. The smallest absolute Gasteiger partial charge is 0.188 e. The van der Waals surface area contributed by atoms with Crippen LogP contribution in [0.2, 0.25) is 0 Å². The van der Waals surface area contributed by atoms with Crippen LogP contribution in [-0.2, 0) is 13.2 Å². The Bertz CT molecular complexity index is 1360. The molecule has 0 aliphatic carbocycles. The zero-order valence-electron chi connectivity index (χ0n) is 17.0. The summed E-state index contributed by atoms with van der Waals surface area (Å²) in [5.74, 6) is 1.37. The molecule has 0 saturated heterocycles. The fraction of sp³-hybridized carbons (Fsp3) is 0.0833.